The van der Waals surface area contributed by atoms with Crippen molar-refractivity contribution in [2.45, 2.75) is 6.92 Å². The molecule has 11 heavy (non-hydrogen) atoms. The molecule has 1 aliphatic rings. The summed E-state index contributed by atoms with van der Waals surface area (Å²) in [5, 5.41) is 0. The Balaban J connectivity index is 2.52. The van der Waals surface area contributed by atoms with Crippen molar-refractivity contribution in [3.8, 4) is 0 Å². The van der Waals surface area contributed by atoms with Crippen molar-refractivity contribution in [2.24, 2.45) is 0 Å². The number of allylic oxidation sites excluding steroid dienone is 2. The van der Waals surface area contributed by atoms with Gasteiger partial charge in [-0.2, -0.15) is 0 Å². The fourth-order valence-corrected chi connectivity index (χ4v) is 1.18. The molecule has 0 saturated carbocycles. The molecule has 0 fully saturated rings. The van der Waals surface area contributed by atoms with Gasteiger partial charge in [-0.05, 0) is 31.0 Å². The van der Waals surface area contributed by atoms with Crippen LogP contribution in [0.1, 0.15) is 6.92 Å². The average Bonchev–Trinajstić information content (AvgIpc) is 2.07. The summed E-state index contributed by atoms with van der Waals surface area (Å²) in [6.45, 7) is 2.20. The predicted octanol–water partition coefficient (Wildman–Crippen LogP) is 1.20. The van der Waals surface area contributed by atoms with Gasteiger partial charge in [-0.25, -0.2) is 4.79 Å². The van der Waals surface area contributed by atoms with Crippen LogP contribution in [0.25, 0.3) is 0 Å². The first-order chi connectivity index (χ1) is 5.34. The monoisotopic (exact) mass is 171 g/mol. The largest absolute Gasteiger partial charge is 0.462 e. The molecule has 0 bridgehead atoms. The third-order valence-electron chi connectivity index (χ3n) is 1.06. The highest BCUT2D eigenvalue weighted by Crippen LogP contribution is 2.16. The lowest BCUT2D eigenvalue weighted by Gasteiger charge is -2.07. The van der Waals surface area contributed by atoms with E-state index in [0.717, 1.165) is 0 Å². The Hall–Kier alpha value is -0.900. The number of carbonyl (C=O) groups excluding carboxylic acids is 1. The Kier molecular flexibility index (Phi) is 3.04. The van der Waals surface area contributed by atoms with E-state index in [9.17, 15) is 4.79 Å². The second-order valence-corrected chi connectivity index (χ2v) is 2.71. The van der Waals surface area contributed by atoms with Gasteiger partial charge in [0, 0.05) is 6.20 Å². The number of nitrogens with one attached hydrogen (secondary N) is 1. The first-order valence-electron chi connectivity index (χ1n) is 3.31. The summed E-state index contributed by atoms with van der Waals surface area (Å²) in [5.74, 6) is -0.269. The molecule has 0 spiro atoms. The van der Waals surface area contributed by atoms with E-state index in [1.807, 2.05) is 0 Å². The van der Waals surface area contributed by atoms with Crippen LogP contribution in [0.5, 0.6) is 0 Å². The fraction of sp³-hybridized carbons (Fsp3) is 0.286. The highest BCUT2D eigenvalue weighted by molar-refractivity contribution is 8.02. The van der Waals surface area contributed by atoms with Gasteiger partial charge in [0.15, 0.2) is 0 Å². The Morgan fingerprint density at radius 3 is 3.18 bits per heavy atom. The summed E-state index contributed by atoms with van der Waals surface area (Å²) < 4.78 is 7.62. The van der Waals surface area contributed by atoms with E-state index in [1.54, 1.807) is 25.3 Å². The maximum atomic E-state index is 11.0. The van der Waals surface area contributed by atoms with Crippen molar-refractivity contribution in [1.29, 1.82) is 0 Å². The van der Waals surface area contributed by atoms with E-state index in [4.69, 9.17) is 4.74 Å². The molecule has 3 nitrogen and oxygen atoms in total. The lowest BCUT2D eigenvalue weighted by molar-refractivity contribution is -0.137. The van der Waals surface area contributed by atoms with E-state index in [0.29, 0.717) is 11.5 Å². The summed E-state index contributed by atoms with van der Waals surface area (Å²) in [6, 6.07) is 0. The molecular formula is C7H9NO2S. The molecule has 60 valence electrons. The average molecular weight is 171 g/mol. The first kappa shape index (κ1) is 8.20. The number of esters is 1. The van der Waals surface area contributed by atoms with Gasteiger partial charge < -0.3 is 9.46 Å². The topological polar surface area (TPSA) is 38.3 Å². The van der Waals surface area contributed by atoms with Gasteiger partial charge in [0.2, 0.25) is 0 Å². The molecule has 1 heterocycles. The summed E-state index contributed by atoms with van der Waals surface area (Å²) in [5.41, 5.74) is 0. The second-order valence-electron chi connectivity index (χ2n) is 1.83. The van der Waals surface area contributed by atoms with E-state index < -0.39 is 0 Å². The van der Waals surface area contributed by atoms with Crippen LogP contribution in [-0.4, -0.2) is 12.6 Å². The molecule has 0 saturated heterocycles. The van der Waals surface area contributed by atoms with E-state index >= 15 is 0 Å². The normalized spacial score (nSPS) is 15.2. The number of hydrogen-bond donors (Lipinski definition) is 1. The highest BCUT2D eigenvalue weighted by atomic mass is 32.2. The van der Waals surface area contributed by atoms with Crippen LogP contribution in [-0.2, 0) is 9.53 Å². The minimum absolute atomic E-state index is 0.269. The maximum absolute atomic E-state index is 11.0. The van der Waals surface area contributed by atoms with Crippen molar-refractivity contribution in [3.05, 3.63) is 23.3 Å². The van der Waals surface area contributed by atoms with Crippen LogP contribution in [0, 0.1) is 0 Å². The Morgan fingerprint density at radius 1 is 1.82 bits per heavy atom. The lowest BCUT2D eigenvalue weighted by atomic mass is 10.4. The SMILES string of the molecule is CCOC(=O)C1=CC=CNS1. The molecule has 0 aromatic carbocycles. The zero-order chi connectivity index (χ0) is 8.10. The molecule has 1 aliphatic heterocycles. The number of hydrogen-bond acceptors (Lipinski definition) is 4. The van der Waals surface area contributed by atoms with Crippen LogP contribution in [0.15, 0.2) is 23.3 Å². The van der Waals surface area contributed by atoms with Crippen LogP contribution in [0.4, 0.5) is 0 Å². The molecular weight excluding hydrogens is 162 g/mol. The fourth-order valence-electron chi connectivity index (χ4n) is 0.618. The van der Waals surface area contributed by atoms with Gasteiger partial charge in [-0.3, -0.25) is 0 Å². The summed E-state index contributed by atoms with van der Waals surface area (Å²) in [6.07, 6.45) is 5.25. The lowest BCUT2D eigenvalue weighted by Crippen LogP contribution is -2.09. The Morgan fingerprint density at radius 2 is 2.64 bits per heavy atom. The molecule has 1 N–H and O–H groups in total. The third-order valence-corrected chi connectivity index (χ3v) is 1.83. The zero-order valence-electron chi connectivity index (χ0n) is 6.16. The first-order valence-corrected chi connectivity index (χ1v) is 4.12. The van der Waals surface area contributed by atoms with Gasteiger partial charge in [0.05, 0.1) is 6.61 Å². The minimum atomic E-state index is -0.269. The van der Waals surface area contributed by atoms with Crippen molar-refractivity contribution < 1.29 is 9.53 Å². The minimum Gasteiger partial charge on any atom is -0.462 e. The number of rotatable bonds is 2. The van der Waals surface area contributed by atoms with Crippen LogP contribution in [0.2, 0.25) is 0 Å². The smallest absolute Gasteiger partial charge is 0.346 e. The van der Waals surface area contributed by atoms with Crippen molar-refractivity contribution in [1.82, 2.24) is 4.72 Å². The predicted molar refractivity (Wildman–Crippen MR) is 44.6 cm³/mol. The van der Waals surface area contributed by atoms with Crippen LogP contribution in [0.3, 0.4) is 0 Å². The highest BCUT2D eigenvalue weighted by Gasteiger charge is 2.10. The molecule has 4 heteroatoms. The van der Waals surface area contributed by atoms with Crippen molar-refractivity contribution in [3.63, 3.8) is 0 Å². The molecule has 0 atom stereocenters. The van der Waals surface area contributed by atoms with Crippen LogP contribution >= 0.6 is 11.9 Å². The molecule has 0 amide bonds. The van der Waals surface area contributed by atoms with Gasteiger partial charge in [0.1, 0.15) is 4.91 Å². The van der Waals surface area contributed by atoms with Gasteiger partial charge in [-0.15, -0.1) is 0 Å². The zero-order valence-corrected chi connectivity index (χ0v) is 6.98. The summed E-state index contributed by atoms with van der Waals surface area (Å²) in [7, 11) is 0. The Bertz CT molecular complexity index is 210. The molecule has 0 radical (unpaired) electrons. The maximum Gasteiger partial charge on any atom is 0.346 e. The molecule has 0 aliphatic carbocycles. The number of carbonyl (C=O) groups is 1. The van der Waals surface area contributed by atoms with Crippen molar-refractivity contribution >= 4 is 17.9 Å². The molecule has 0 aromatic heterocycles. The molecule has 0 unspecified atom stereocenters. The quantitative estimate of drug-likeness (QED) is 0.500. The van der Waals surface area contributed by atoms with E-state index in [-0.39, 0.29) is 5.97 Å². The third kappa shape index (κ3) is 2.31. The summed E-state index contributed by atoms with van der Waals surface area (Å²) >= 11 is 1.26. The second kappa shape index (κ2) is 4.08. The standard InChI is InChI=1S/C7H9NO2S/c1-2-10-7(9)6-4-3-5-8-11-6/h3-5,8H,2H2,1H3. The number of ether oxygens (including phenoxy) is 1. The van der Waals surface area contributed by atoms with E-state index in [2.05, 4.69) is 4.72 Å². The van der Waals surface area contributed by atoms with Gasteiger partial charge in [-0.1, -0.05) is 0 Å². The Labute approximate surface area is 69.6 Å². The van der Waals surface area contributed by atoms with E-state index in [1.165, 1.54) is 11.9 Å². The van der Waals surface area contributed by atoms with Gasteiger partial charge in [0.25, 0.3) is 0 Å². The van der Waals surface area contributed by atoms with Crippen LogP contribution < -0.4 is 4.72 Å². The van der Waals surface area contributed by atoms with Gasteiger partial charge >= 0.3 is 5.97 Å². The molecule has 1 rings (SSSR count). The summed E-state index contributed by atoms with van der Waals surface area (Å²) in [4.78, 5) is 11.6. The van der Waals surface area contributed by atoms with Crippen molar-refractivity contribution in [2.75, 3.05) is 6.61 Å². The molecule has 0 aromatic rings.